The van der Waals surface area contributed by atoms with Crippen molar-refractivity contribution in [1.29, 1.82) is 0 Å². The van der Waals surface area contributed by atoms with Crippen LogP contribution in [-0.4, -0.2) is 35.0 Å². The topological polar surface area (TPSA) is 78.8 Å². The monoisotopic (exact) mass is 437 g/mol. The SMILES string of the molecule is O=C1NC(=O)N([C@@H]2C[C@H]3CC[C@H]2C3)C(=O)[C@@H]1C=Nc1ccc(Br)c(Cl)c1. The fourth-order valence-electron chi connectivity index (χ4n) is 4.30. The maximum Gasteiger partial charge on any atom is 0.331 e. The normalized spacial score (nSPS) is 31.2. The minimum atomic E-state index is -1.10. The molecule has 0 aromatic heterocycles. The lowest BCUT2D eigenvalue weighted by atomic mass is 9.92. The van der Waals surface area contributed by atoms with Crippen molar-refractivity contribution >= 4 is 57.3 Å². The zero-order chi connectivity index (χ0) is 18.4. The second kappa shape index (κ2) is 6.78. The van der Waals surface area contributed by atoms with Crippen molar-refractivity contribution in [3.8, 4) is 0 Å². The number of aliphatic imine (C=N–C) groups is 1. The van der Waals surface area contributed by atoms with Gasteiger partial charge in [0.1, 0.15) is 0 Å². The Morgan fingerprint density at radius 3 is 2.69 bits per heavy atom. The highest BCUT2D eigenvalue weighted by Crippen LogP contribution is 2.47. The average Bonchev–Trinajstić information content (AvgIpc) is 3.20. The number of urea groups is 1. The molecule has 4 rings (SSSR count). The molecule has 1 heterocycles. The van der Waals surface area contributed by atoms with Crippen LogP contribution in [0.25, 0.3) is 0 Å². The Morgan fingerprint density at radius 1 is 1.23 bits per heavy atom. The number of barbiturate groups is 1. The van der Waals surface area contributed by atoms with Crippen LogP contribution in [0.15, 0.2) is 27.7 Å². The number of carbonyl (C=O) groups is 3. The second-order valence-electron chi connectivity index (χ2n) is 7.10. The molecule has 3 fully saturated rings. The van der Waals surface area contributed by atoms with E-state index in [0.717, 1.165) is 23.7 Å². The first-order valence-corrected chi connectivity index (χ1v) is 9.78. The molecule has 3 aliphatic rings. The highest BCUT2D eigenvalue weighted by Gasteiger charge is 2.50. The van der Waals surface area contributed by atoms with Gasteiger partial charge in [-0.2, -0.15) is 0 Å². The summed E-state index contributed by atoms with van der Waals surface area (Å²) >= 11 is 9.34. The quantitative estimate of drug-likeness (QED) is 0.577. The molecule has 1 aromatic carbocycles. The van der Waals surface area contributed by atoms with Gasteiger partial charge in [-0.1, -0.05) is 18.0 Å². The molecule has 1 saturated heterocycles. The Balaban J connectivity index is 1.56. The number of imide groups is 2. The van der Waals surface area contributed by atoms with Gasteiger partial charge in [-0.05, 0) is 65.2 Å². The van der Waals surface area contributed by atoms with E-state index >= 15 is 0 Å². The summed E-state index contributed by atoms with van der Waals surface area (Å²) < 4.78 is 0.734. The van der Waals surface area contributed by atoms with Crippen molar-refractivity contribution in [3.05, 3.63) is 27.7 Å². The first-order chi connectivity index (χ1) is 12.4. The number of halogens is 2. The third kappa shape index (κ3) is 3.07. The van der Waals surface area contributed by atoms with Crippen LogP contribution >= 0.6 is 27.5 Å². The molecule has 1 aliphatic heterocycles. The molecule has 2 bridgehead atoms. The van der Waals surface area contributed by atoms with Crippen molar-refractivity contribution in [2.45, 2.75) is 31.7 Å². The minimum Gasteiger partial charge on any atom is -0.277 e. The highest BCUT2D eigenvalue weighted by molar-refractivity contribution is 9.10. The number of amides is 4. The van der Waals surface area contributed by atoms with E-state index in [4.69, 9.17) is 11.6 Å². The standard InChI is InChI=1S/C18H17BrClN3O3/c19-13-4-3-11(7-14(13)20)21-8-12-16(24)22-18(26)23(17(12)25)15-6-9-1-2-10(15)5-9/h3-4,7-10,12,15H,1-2,5-6H2,(H,22,24,26)/t9-,10-,12+,15+/m0/s1. The smallest absolute Gasteiger partial charge is 0.277 e. The predicted octanol–water partition coefficient (Wildman–Crippen LogP) is 3.69. The Hall–Kier alpha value is -1.73. The molecule has 1 N–H and O–H groups in total. The molecule has 26 heavy (non-hydrogen) atoms. The third-order valence-corrected chi connectivity index (χ3v) is 6.78. The molecule has 0 radical (unpaired) electrons. The van der Waals surface area contributed by atoms with Gasteiger partial charge in [0, 0.05) is 16.7 Å². The van der Waals surface area contributed by atoms with Gasteiger partial charge >= 0.3 is 6.03 Å². The van der Waals surface area contributed by atoms with Gasteiger partial charge in [-0.15, -0.1) is 0 Å². The van der Waals surface area contributed by atoms with Crippen LogP contribution in [0.2, 0.25) is 5.02 Å². The number of rotatable bonds is 3. The highest BCUT2D eigenvalue weighted by atomic mass is 79.9. The molecular formula is C18H17BrClN3O3. The van der Waals surface area contributed by atoms with E-state index in [-0.39, 0.29) is 6.04 Å². The molecule has 8 heteroatoms. The van der Waals surface area contributed by atoms with Crippen molar-refractivity contribution < 1.29 is 14.4 Å². The van der Waals surface area contributed by atoms with Crippen LogP contribution in [0.5, 0.6) is 0 Å². The number of fused-ring (bicyclic) bond motifs is 2. The number of hydrogen-bond acceptors (Lipinski definition) is 4. The van der Waals surface area contributed by atoms with Crippen LogP contribution in [0.4, 0.5) is 10.5 Å². The van der Waals surface area contributed by atoms with Gasteiger partial charge in [0.15, 0.2) is 5.92 Å². The van der Waals surface area contributed by atoms with Gasteiger partial charge in [0.25, 0.3) is 0 Å². The molecule has 1 aromatic rings. The van der Waals surface area contributed by atoms with Crippen molar-refractivity contribution in [2.24, 2.45) is 22.7 Å². The Morgan fingerprint density at radius 2 is 2.04 bits per heavy atom. The summed E-state index contributed by atoms with van der Waals surface area (Å²) in [5.41, 5.74) is 0.530. The lowest BCUT2D eigenvalue weighted by Gasteiger charge is -2.36. The second-order valence-corrected chi connectivity index (χ2v) is 8.36. The van der Waals surface area contributed by atoms with Crippen LogP contribution in [0.1, 0.15) is 25.7 Å². The molecule has 2 aliphatic carbocycles. The van der Waals surface area contributed by atoms with Gasteiger partial charge in [-0.25, -0.2) is 4.79 Å². The first-order valence-electron chi connectivity index (χ1n) is 8.61. The fraction of sp³-hybridized carbons (Fsp3) is 0.444. The summed E-state index contributed by atoms with van der Waals surface area (Å²) in [6, 6.07) is 4.38. The van der Waals surface area contributed by atoms with Gasteiger partial charge in [0.2, 0.25) is 11.8 Å². The van der Waals surface area contributed by atoms with Crippen LogP contribution in [-0.2, 0) is 9.59 Å². The zero-order valence-electron chi connectivity index (χ0n) is 13.8. The van der Waals surface area contributed by atoms with E-state index < -0.39 is 23.8 Å². The molecule has 4 atom stereocenters. The Labute approximate surface area is 164 Å². The van der Waals surface area contributed by atoms with E-state index in [1.807, 2.05) is 0 Å². The van der Waals surface area contributed by atoms with Crippen LogP contribution < -0.4 is 5.32 Å². The molecular weight excluding hydrogens is 422 g/mol. The van der Waals surface area contributed by atoms with Gasteiger partial charge < -0.3 is 0 Å². The van der Waals surface area contributed by atoms with Crippen molar-refractivity contribution in [3.63, 3.8) is 0 Å². The average molecular weight is 439 g/mol. The molecule has 6 nitrogen and oxygen atoms in total. The number of nitrogens with zero attached hydrogens (tertiary/aromatic N) is 2. The number of benzene rings is 1. The largest absolute Gasteiger partial charge is 0.331 e. The van der Waals surface area contributed by atoms with Crippen molar-refractivity contribution in [1.82, 2.24) is 10.2 Å². The number of carbonyl (C=O) groups excluding carboxylic acids is 3. The summed E-state index contributed by atoms with van der Waals surface area (Å²) in [6.45, 7) is 0. The van der Waals surface area contributed by atoms with Crippen molar-refractivity contribution in [2.75, 3.05) is 0 Å². The lowest BCUT2D eigenvalue weighted by molar-refractivity contribution is -0.141. The van der Waals surface area contributed by atoms with E-state index in [9.17, 15) is 14.4 Å². The van der Waals surface area contributed by atoms with Crippen LogP contribution in [0, 0.1) is 17.8 Å². The van der Waals surface area contributed by atoms with Crippen LogP contribution in [0.3, 0.4) is 0 Å². The summed E-state index contributed by atoms with van der Waals surface area (Å²) in [4.78, 5) is 42.8. The lowest BCUT2D eigenvalue weighted by Crippen LogP contribution is -2.62. The maximum atomic E-state index is 12.9. The Kier molecular flexibility index (Phi) is 4.61. The first kappa shape index (κ1) is 17.7. The third-order valence-electron chi connectivity index (χ3n) is 5.54. The van der Waals surface area contributed by atoms with E-state index in [0.29, 0.717) is 22.5 Å². The number of nitrogens with one attached hydrogen (secondary N) is 1. The molecule has 0 spiro atoms. The molecule has 0 unspecified atom stereocenters. The number of hydrogen-bond donors (Lipinski definition) is 1. The zero-order valence-corrected chi connectivity index (χ0v) is 16.2. The minimum absolute atomic E-state index is 0.104. The molecule has 136 valence electrons. The fourth-order valence-corrected chi connectivity index (χ4v) is 4.73. The summed E-state index contributed by atoms with van der Waals surface area (Å²) in [7, 11) is 0. The van der Waals surface area contributed by atoms with E-state index in [1.54, 1.807) is 18.2 Å². The summed E-state index contributed by atoms with van der Waals surface area (Å²) in [5, 5.41) is 2.79. The van der Waals surface area contributed by atoms with E-state index in [1.165, 1.54) is 17.5 Å². The summed E-state index contributed by atoms with van der Waals surface area (Å²) in [5.74, 6) is -1.28. The predicted molar refractivity (Wildman–Crippen MR) is 100 cm³/mol. The maximum absolute atomic E-state index is 12.9. The Bertz CT molecular complexity index is 828. The molecule has 4 amide bonds. The van der Waals surface area contributed by atoms with Gasteiger partial charge in [0.05, 0.1) is 10.7 Å². The van der Waals surface area contributed by atoms with E-state index in [2.05, 4.69) is 26.2 Å². The summed E-state index contributed by atoms with van der Waals surface area (Å²) in [6.07, 6.45) is 5.40. The van der Waals surface area contributed by atoms with Gasteiger partial charge in [-0.3, -0.25) is 24.8 Å². The molecule has 2 saturated carbocycles.